The van der Waals surface area contributed by atoms with Crippen LogP contribution in [0.5, 0.6) is 0 Å². The molecule has 0 radical (unpaired) electrons. The van der Waals surface area contributed by atoms with Crippen LogP contribution in [0.1, 0.15) is 54.8 Å². The highest BCUT2D eigenvalue weighted by Crippen LogP contribution is 2.32. The van der Waals surface area contributed by atoms with Gasteiger partial charge in [-0.3, -0.25) is 4.79 Å². The Morgan fingerprint density at radius 1 is 1.05 bits per heavy atom. The second-order valence-corrected chi connectivity index (χ2v) is 9.80. The number of hydrogen-bond donors (Lipinski definition) is 1. The van der Waals surface area contributed by atoms with Gasteiger partial charge in [0.25, 0.3) is 0 Å². The number of esters is 1. The van der Waals surface area contributed by atoms with Crippen molar-refractivity contribution in [3.8, 4) is 0 Å². The number of ether oxygens (including phenoxy) is 2. The molecule has 2 amide bonds. The van der Waals surface area contributed by atoms with E-state index in [1.165, 1.54) is 0 Å². The molecule has 0 saturated heterocycles. The number of methoxy groups -OCH3 is 1. The van der Waals surface area contributed by atoms with E-state index in [2.05, 4.69) is 15.0 Å². The van der Waals surface area contributed by atoms with E-state index < -0.39 is 84.1 Å². The molecule has 0 spiro atoms. The van der Waals surface area contributed by atoms with Gasteiger partial charge in [0.1, 0.15) is 11.4 Å². The second-order valence-electron chi connectivity index (χ2n) is 9.80. The zero-order chi connectivity index (χ0) is 29.3. The summed E-state index contributed by atoms with van der Waals surface area (Å²) in [7, 11) is 0.970. The van der Waals surface area contributed by atoms with E-state index in [0.717, 1.165) is 16.6 Å². The maximum Gasteiger partial charge on any atom is 0.449 e. The molecule has 1 aromatic heterocycles. The normalized spacial score (nSPS) is 14.5. The summed E-state index contributed by atoms with van der Waals surface area (Å²) < 4.78 is 92.3. The molecular weight excluding hydrogens is 538 g/mol. The first-order valence-corrected chi connectivity index (χ1v) is 11.7. The number of imidazole rings is 1. The van der Waals surface area contributed by atoms with Gasteiger partial charge in [0.2, 0.25) is 11.7 Å². The zero-order valence-corrected chi connectivity index (χ0v) is 21.4. The Labute approximate surface area is 219 Å². The van der Waals surface area contributed by atoms with Gasteiger partial charge in [-0.05, 0) is 38.8 Å². The fourth-order valence-corrected chi connectivity index (χ4v) is 4.03. The molecule has 15 heteroatoms. The lowest BCUT2D eigenvalue weighted by atomic mass is 10.0. The van der Waals surface area contributed by atoms with Crippen molar-refractivity contribution in [1.82, 2.24) is 19.8 Å². The van der Waals surface area contributed by atoms with Crippen molar-refractivity contribution < 1.29 is 50.2 Å². The summed E-state index contributed by atoms with van der Waals surface area (Å²) in [6.07, 6.45) is -6.79. The molecule has 1 atom stereocenters. The van der Waals surface area contributed by atoms with Crippen LogP contribution in [0.4, 0.5) is 31.1 Å². The highest BCUT2D eigenvalue weighted by atomic mass is 19.4. The number of aromatic nitrogens is 2. The number of fused-ring (bicyclic) bond motifs is 1. The highest BCUT2D eigenvalue weighted by Gasteiger charge is 2.42. The van der Waals surface area contributed by atoms with Crippen molar-refractivity contribution in [2.24, 2.45) is 0 Å². The van der Waals surface area contributed by atoms with Gasteiger partial charge in [-0.15, -0.1) is 0 Å². The van der Waals surface area contributed by atoms with Crippen LogP contribution in [-0.4, -0.2) is 57.7 Å². The van der Waals surface area contributed by atoms with Crippen molar-refractivity contribution in [1.29, 1.82) is 0 Å². The minimum Gasteiger partial charge on any atom is -0.464 e. The number of halogens is 6. The Morgan fingerprint density at radius 2 is 1.69 bits per heavy atom. The third kappa shape index (κ3) is 7.20. The molecule has 0 fully saturated rings. The van der Waals surface area contributed by atoms with Gasteiger partial charge < -0.3 is 24.3 Å². The first-order valence-electron chi connectivity index (χ1n) is 11.7. The molecule has 214 valence electrons. The monoisotopic (exact) mass is 564 g/mol. The number of nitrogens with one attached hydrogen (secondary N) is 1. The number of alkyl halides is 3. The average Bonchev–Trinajstić information content (AvgIpc) is 3.20. The van der Waals surface area contributed by atoms with Gasteiger partial charge in [0.05, 0.1) is 19.3 Å². The van der Waals surface area contributed by atoms with Crippen LogP contribution < -0.4 is 5.32 Å². The fraction of sp³-hybridized carbons (Fsp3) is 0.500. The molecule has 3 rings (SSSR count). The Kier molecular flexibility index (Phi) is 8.50. The molecular formula is C24H26F6N4O5. The van der Waals surface area contributed by atoms with E-state index in [1.54, 1.807) is 20.8 Å². The molecule has 1 aromatic carbocycles. The van der Waals surface area contributed by atoms with E-state index in [-0.39, 0.29) is 24.3 Å². The zero-order valence-electron chi connectivity index (χ0n) is 21.4. The van der Waals surface area contributed by atoms with Crippen molar-refractivity contribution in [3.63, 3.8) is 0 Å². The van der Waals surface area contributed by atoms with Crippen LogP contribution in [0.15, 0.2) is 12.1 Å². The van der Waals surface area contributed by atoms with E-state index in [1.807, 2.05) is 0 Å². The Balaban J connectivity index is 1.86. The number of rotatable bonds is 6. The third-order valence-electron chi connectivity index (χ3n) is 5.69. The Hall–Kier alpha value is -3.78. The van der Waals surface area contributed by atoms with Gasteiger partial charge in [-0.1, -0.05) is 0 Å². The van der Waals surface area contributed by atoms with E-state index in [0.29, 0.717) is 12.1 Å². The summed E-state index contributed by atoms with van der Waals surface area (Å²) in [5, 5.41) is 2.40. The molecule has 39 heavy (non-hydrogen) atoms. The van der Waals surface area contributed by atoms with Crippen molar-refractivity contribution in [2.75, 3.05) is 13.7 Å². The van der Waals surface area contributed by atoms with Gasteiger partial charge in [-0.2, -0.15) is 13.2 Å². The third-order valence-corrected chi connectivity index (χ3v) is 5.69. The van der Waals surface area contributed by atoms with E-state index >= 15 is 0 Å². The number of nitrogens with zero attached hydrogens (tertiary/aromatic N) is 3. The SMILES string of the molecule is COC(=O)c1nc(C(F)(F)F)n2c1CN(C(=O)C[C@@H](Cc1cc(F)c(F)cc1F)NC(=O)OC(C)(C)C)CC2. The largest absolute Gasteiger partial charge is 0.464 e. The molecule has 1 aliphatic heterocycles. The summed E-state index contributed by atoms with van der Waals surface area (Å²) in [4.78, 5) is 42.2. The fourth-order valence-electron chi connectivity index (χ4n) is 4.03. The summed E-state index contributed by atoms with van der Waals surface area (Å²) in [6, 6.07) is -0.251. The Bertz CT molecular complexity index is 1270. The number of carbonyl (C=O) groups excluding carboxylic acids is 3. The van der Waals surface area contributed by atoms with E-state index in [9.17, 15) is 40.7 Å². The van der Waals surface area contributed by atoms with Gasteiger partial charge in [-0.25, -0.2) is 27.7 Å². The molecule has 2 heterocycles. The van der Waals surface area contributed by atoms with Gasteiger partial charge in [0.15, 0.2) is 17.3 Å². The molecule has 0 bridgehead atoms. The molecule has 1 aliphatic rings. The quantitative estimate of drug-likeness (QED) is 0.324. The first kappa shape index (κ1) is 29.8. The van der Waals surface area contributed by atoms with Crippen LogP contribution in [0.2, 0.25) is 0 Å². The van der Waals surface area contributed by atoms with Crippen LogP contribution in [-0.2, 0) is 40.0 Å². The molecule has 1 N–H and O–H groups in total. The Morgan fingerprint density at radius 3 is 2.28 bits per heavy atom. The maximum absolute atomic E-state index is 14.3. The van der Waals surface area contributed by atoms with Crippen molar-refractivity contribution in [3.05, 3.63) is 52.4 Å². The lowest BCUT2D eigenvalue weighted by molar-refractivity contribution is -0.148. The summed E-state index contributed by atoms with van der Waals surface area (Å²) in [6.45, 7) is 3.74. The average molecular weight is 564 g/mol. The number of alkyl carbamates (subject to hydrolysis) is 1. The summed E-state index contributed by atoms with van der Waals surface area (Å²) >= 11 is 0. The predicted molar refractivity (Wildman–Crippen MR) is 122 cm³/mol. The van der Waals surface area contributed by atoms with Crippen LogP contribution in [0.3, 0.4) is 0 Å². The highest BCUT2D eigenvalue weighted by molar-refractivity contribution is 5.89. The summed E-state index contributed by atoms with van der Waals surface area (Å²) in [5.41, 5.74) is -2.06. The molecule has 0 aliphatic carbocycles. The van der Waals surface area contributed by atoms with Crippen molar-refractivity contribution in [2.45, 2.75) is 64.5 Å². The smallest absolute Gasteiger partial charge is 0.449 e. The first-order chi connectivity index (χ1) is 18.0. The molecule has 2 aromatic rings. The van der Waals surface area contributed by atoms with Crippen molar-refractivity contribution >= 4 is 18.0 Å². The number of carbonyl (C=O) groups is 3. The second kappa shape index (κ2) is 11.1. The number of benzene rings is 1. The van der Waals surface area contributed by atoms with Crippen LogP contribution >= 0.6 is 0 Å². The van der Waals surface area contributed by atoms with Crippen LogP contribution in [0.25, 0.3) is 0 Å². The summed E-state index contributed by atoms with van der Waals surface area (Å²) in [5.74, 6) is -7.00. The number of hydrogen-bond acceptors (Lipinski definition) is 6. The number of amides is 2. The van der Waals surface area contributed by atoms with E-state index in [4.69, 9.17) is 4.74 Å². The minimum atomic E-state index is -4.87. The van der Waals surface area contributed by atoms with Gasteiger partial charge >= 0.3 is 18.2 Å². The lowest BCUT2D eigenvalue weighted by Gasteiger charge is -2.31. The predicted octanol–water partition coefficient (Wildman–Crippen LogP) is 3.97. The lowest BCUT2D eigenvalue weighted by Crippen LogP contribution is -2.45. The molecule has 9 nitrogen and oxygen atoms in total. The van der Waals surface area contributed by atoms with Crippen LogP contribution in [0, 0.1) is 17.5 Å². The maximum atomic E-state index is 14.3. The topological polar surface area (TPSA) is 103 Å². The standard InChI is InChI=1S/C24H26F6N4O5/c1-23(2,3)39-22(37)31-13(7-12-8-15(26)16(27)10-14(12)25)9-18(35)33-5-6-34-17(11-33)19(20(36)38-4)32-21(34)24(28,29)30/h8,10,13H,5-7,9,11H2,1-4H3,(H,31,37)/t13-/m1/s1. The molecule has 0 unspecified atom stereocenters. The molecule has 0 saturated carbocycles. The minimum absolute atomic E-state index is 0.197. The van der Waals surface area contributed by atoms with Gasteiger partial charge in [0, 0.05) is 31.6 Å².